The van der Waals surface area contributed by atoms with Crippen molar-refractivity contribution in [2.75, 3.05) is 36.8 Å². The summed E-state index contributed by atoms with van der Waals surface area (Å²) in [6, 6.07) is 10.0. The lowest BCUT2D eigenvalue weighted by atomic mass is 10.1. The van der Waals surface area contributed by atoms with Crippen LogP contribution in [-0.4, -0.2) is 120 Å². The number of aromatic nitrogens is 8. The highest BCUT2D eigenvalue weighted by Crippen LogP contribution is 2.41. The van der Waals surface area contributed by atoms with E-state index in [2.05, 4.69) is 40.8 Å². The molecule has 6 aromatic heterocycles. The Kier molecular flexibility index (Phi) is 11.2. The summed E-state index contributed by atoms with van der Waals surface area (Å²) in [5.74, 6) is 1.92. The van der Waals surface area contributed by atoms with Gasteiger partial charge in [-0.15, -0.1) is 0 Å². The number of quaternary nitrogens is 2. The van der Waals surface area contributed by atoms with E-state index in [4.69, 9.17) is 9.47 Å². The van der Waals surface area contributed by atoms with Crippen LogP contribution in [0.3, 0.4) is 0 Å². The van der Waals surface area contributed by atoms with Crippen LogP contribution in [0, 0.1) is 6.92 Å². The standard InChI is InChI=1S/C45H50N14O6/c1-29-37(65-33-15-17-47-36(23-33)31-25-50-55(9)28-31)11-13-39(51-29)53-41(61)59(21-19-57(43(59)63)45(5,6)7)58(20-18-56(42(58)62)44(2,3)4)40(60)52-38-12-10-34(26-48-38)64-32-14-16-46-35(22-32)30-24-49-54(8)27-30/h10-17,22-28H,18-21H2,1-9H3/p+2. The number of anilines is 2. The Morgan fingerprint density at radius 2 is 1.12 bits per heavy atom. The number of pyridine rings is 4. The molecule has 8 amide bonds. The third-order valence-electron chi connectivity index (χ3n) is 11.4. The number of aryl methyl sites for hydroxylation is 3. The Bertz CT molecular complexity index is 2810. The second kappa shape index (κ2) is 16.5. The molecule has 0 radical (unpaired) electrons. The average molecular weight is 885 g/mol. The molecular formula is C45H52N14O6+2. The topological polar surface area (TPSA) is 204 Å². The van der Waals surface area contributed by atoms with E-state index in [1.807, 2.05) is 68.0 Å². The SMILES string of the molecule is Cc1nc(NC(=O)[N+]2([N+]3(C(=O)Nc4ccc(Oc5ccnc(-c6cnn(C)c6)c5)cn4)CCN(C(C)(C)C)C3=O)CCN(C(C)(C)C)C2=O)ccc1Oc1ccnc(-c2cnn(C)c2)c1. The predicted octanol–water partition coefficient (Wildman–Crippen LogP) is 7.74. The molecule has 20 heteroatoms. The summed E-state index contributed by atoms with van der Waals surface area (Å²) >= 11 is 0. The number of carbonyl (C=O) groups excluding carboxylic acids is 4. The van der Waals surface area contributed by atoms with Gasteiger partial charge in [-0.1, -0.05) is 0 Å². The van der Waals surface area contributed by atoms with E-state index in [1.54, 1.807) is 83.5 Å². The lowest BCUT2D eigenvalue weighted by Crippen LogP contribution is -2.81. The molecular weight excluding hydrogens is 833 g/mol. The van der Waals surface area contributed by atoms with E-state index in [9.17, 15) is 0 Å². The number of nitrogens with zero attached hydrogens (tertiary/aromatic N) is 12. The van der Waals surface area contributed by atoms with E-state index in [-0.39, 0.29) is 37.8 Å². The van der Waals surface area contributed by atoms with Gasteiger partial charge in [-0.25, -0.2) is 29.1 Å². The fraction of sp³-hybridized carbons (Fsp3) is 0.333. The first-order valence-electron chi connectivity index (χ1n) is 21.0. The van der Waals surface area contributed by atoms with Crippen LogP contribution in [0.15, 0.2) is 91.9 Å². The molecule has 8 heterocycles. The minimum atomic E-state index is -1.22. The van der Waals surface area contributed by atoms with Gasteiger partial charge in [-0.05, 0) is 84.9 Å². The van der Waals surface area contributed by atoms with Crippen molar-refractivity contribution in [2.45, 2.75) is 59.5 Å². The highest BCUT2D eigenvalue weighted by molar-refractivity contribution is 5.97. The van der Waals surface area contributed by atoms with Crippen LogP contribution in [0.5, 0.6) is 23.0 Å². The third kappa shape index (κ3) is 8.24. The number of hydrogen-bond donors (Lipinski definition) is 2. The smallest absolute Gasteiger partial charge is 0.456 e. The molecule has 2 aliphatic rings. The van der Waals surface area contributed by atoms with Crippen LogP contribution in [0.2, 0.25) is 0 Å². The highest BCUT2D eigenvalue weighted by Gasteiger charge is 2.79. The van der Waals surface area contributed by atoms with Crippen LogP contribution < -0.4 is 20.1 Å². The predicted molar refractivity (Wildman–Crippen MR) is 238 cm³/mol. The Labute approximate surface area is 375 Å². The summed E-state index contributed by atoms with van der Waals surface area (Å²) < 4.78 is 13.2. The first-order valence-corrected chi connectivity index (χ1v) is 21.0. The lowest BCUT2D eigenvalue weighted by molar-refractivity contribution is -1.34. The highest BCUT2D eigenvalue weighted by atomic mass is 16.5. The molecule has 2 fully saturated rings. The Morgan fingerprint density at radius 3 is 1.55 bits per heavy atom. The van der Waals surface area contributed by atoms with Crippen molar-refractivity contribution in [2.24, 2.45) is 14.1 Å². The zero-order valence-electron chi connectivity index (χ0n) is 37.8. The molecule has 0 spiro atoms. The molecule has 336 valence electrons. The van der Waals surface area contributed by atoms with Gasteiger partial charge in [-0.2, -0.15) is 10.2 Å². The Balaban J connectivity index is 1.10. The summed E-state index contributed by atoms with van der Waals surface area (Å²) in [5.41, 5.74) is 1.85. The van der Waals surface area contributed by atoms with Gasteiger partial charge in [0.1, 0.15) is 34.6 Å². The average Bonchev–Trinajstić information content (AvgIpc) is 4.05. The van der Waals surface area contributed by atoms with Crippen LogP contribution in [0.25, 0.3) is 22.5 Å². The van der Waals surface area contributed by atoms with Crippen molar-refractivity contribution >= 4 is 35.8 Å². The molecule has 2 atom stereocenters. The van der Waals surface area contributed by atoms with E-state index >= 15 is 19.2 Å². The zero-order valence-corrected chi connectivity index (χ0v) is 37.8. The lowest BCUT2D eigenvalue weighted by Gasteiger charge is -2.40. The van der Waals surface area contributed by atoms with Gasteiger partial charge in [-0.3, -0.25) is 39.8 Å². The van der Waals surface area contributed by atoms with Crippen molar-refractivity contribution in [3.63, 3.8) is 0 Å². The van der Waals surface area contributed by atoms with Crippen molar-refractivity contribution in [3.8, 4) is 45.5 Å². The zero-order chi connectivity index (χ0) is 46.5. The van der Waals surface area contributed by atoms with Crippen molar-refractivity contribution < 1.29 is 37.8 Å². The molecule has 8 rings (SSSR count). The minimum absolute atomic E-state index is 0.0696. The summed E-state index contributed by atoms with van der Waals surface area (Å²) in [4.78, 5) is 81.5. The largest absolute Gasteiger partial charge is 0.480 e. The normalized spacial score (nSPS) is 18.8. The maximum absolute atomic E-state index is 15.2. The number of amides is 8. The molecule has 20 nitrogen and oxygen atoms in total. The quantitative estimate of drug-likeness (QED) is 0.141. The molecule has 0 aliphatic carbocycles. The molecule has 65 heavy (non-hydrogen) atoms. The maximum Gasteiger partial charge on any atom is 0.480 e. The second-order valence-corrected chi connectivity index (χ2v) is 18.0. The van der Waals surface area contributed by atoms with E-state index in [0.717, 1.165) is 11.1 Å². The molecule has 2 N–H and O–H groups in total. The summed E-state index contributed by atoms with van der Waals surface area (Å²) in [5, 5.41) is 14.0. The first-order chi connectivity index (χ1) is 30.8. The van der Waals surface area contributed by atoms with Gasteiger partial charge in [0.25, 0.3) is 0 Å². The van der Waals surface area contributed by atoms with Crippen molar-refractivity contribution in [1.29, 1.82) is 0 Å². The fourth-order valence-electron chi connectivity index (χ4n) is 8.12. The molecule has 2 saturated heterocycles. The van der Waals surface area contributed by atoms with Gasteiger partial charge >= 0.3 is 24.1 Å². The van der Waals surface area contributed by atoms with Gasteiger partial charge in [0.2, 0.25) is 0 Å². The van der Waals surface area contributed by atoms with E-state index in [1.165, 1.54) is 22.1 Å². The number of nitrogens with one attached hydrogen (secondary N) is 2. The summed E-state index contributed by atoms with van der Waals surface area (Å²) in [6.07, 6.45) is 11.8. The van der Waals surface area contributed by atoms with Crippen LogP contribution in [0.1, 0.15) is 47.2 Å². The van der Waals surface area contributed by atoms with Gasteiger partial charge in [0, 0.05) is 82.4 Å². The minimum Gasteiger partial charge on any atom is -0.456 e. The maximum atomic E-state index is 15.2. The Morgan fingerprint density at radius 1 is 0.631 bits per heavy atom. The monoisotopic (exact) mass is 884 g/mol. The van der Waals surface area contributed by atoms with E-state index in [0.29, 0.717) is 40.1 Å². The van der Waals surface area contributed by atoms with Crippen LogP contribution >= 0.6 is 0 Å². The fourth-order valence-corrected chi connectivity index (χ4v) is 8.12. The molecule has 6 aromatic rings. The number of urea groups is 4. The van der Waals surface area contributed by atoms with Crippen LogP contribution in [-0.2, 0) is 14.1 Å². The van der Waals surface area contributed by atoms with Gasteiger partial charge in [0.15, 0.2) is 13.1 Å². The molecule has 0 aromatic carbocycles. The first kappa shape index (κ1) is 44.0. The van der Waals surface area contributed by atoms with E-state index < -0.39 is 44.4 Å². The Hall–Kier alpha value is -7.58. The molecule has 2 unspecified atom stereocenters. The van der Waals surface area contributed by atoms with Crippen molar-refractivity contribution in [1.82, 2.24) is 49.3 Å². The van der Waals surface area contributed by atoms with Crippen LogP contribution in [0.4, 0.5) is 30.8 Å². The molecule has 2 aliphatic heterocycles. The number of rotatable bonds is 8. The number of imide groups is 2. The second-order valence-electron chi connectivity index (χ2n) is 18.0. The van der Waals surface area contributed by atoms with Gasteiger partial charge in [0.05, 0.1) is 48.8 Å². The number of hydrogen-bond acceptors (Lipinski definition) is 12. The van der Waals surface area contributed by atoms with Crippen molar-refractivity contribution in [3.05, 3.63) is 97.6 Å². The molecule has 0 bridgehead atoms. The number of carbonyl (C=O) groups is 4. The molecule has 0 saturated carbocycles. The summed E-state index contributed by atoms with van der Waals surface area (Å²) in [7, 11) is 3.64. The van der Waals surface area contributed by atoms with Gasteiger partial charge < -0.3 is 9.47 Å². The summed E-state index contributed by atoms with van der Waals surface area (Å²) in [6.45, 7) is 12.5. The third-order valence-corrected chi connectivity index (χ3v) is 11.4. The number of ether oxygens (including phenoxy) is 2.